The molecule has 0 aliphatic carbocycles. The van der Waals surface area contributed by atoms with Crippen molar-refractivity contribution in [2.45, 2.75) is 0 Å². The molecule has 0 saturated heterocycles. The van der Waals surface area contributed by atoms with Crippen LogP contribution in [0.15, 0.2) is 243 Å². The lowest BCUT2D eigenvalue weighted by Crippen LogP contribution is -2.11. The van der Waals surface area contributed by atoms with E-state index in [2.05, 4.69) is 252 Å². The fourth-order valence-electron chi connectivity index (χ4n) is 9.58. The average molecular weight is 789 g/mol. The van der Waals surface area contributed by atoms with Gasteiger partial charge in [0.1, 0.15) is 0 Å². The second kappa shape index (κ2) is 14.8. The summed E-state index contributed by atoms with van der Waals surface area (Å²) in [6, 6.07) is 88.4. The number of aromatic nitrogens is 1. The minimum Gasteiger partial charge on any atom is -0.310 e. The number of rotatable bonds is 7. The second-order valence-electron chi connectivity index (χ2n) is 16.1. The number of nitrogens with zero attached hydrogens (tertiary/aromatic N) is 2. The van der Waals surface area contributed by atoms with Crippen LogP contribution in [0.4, 0.5) is 17.1 Å². The predicted octanol–water partition coefficient (Wildman–Crippen LogP) is 16.7. The average Bonchev–Trinajstić information content (AvgIpc) is 3.67. The third-order valence-electron chi connectivity index (χ3n) is 12.6. The van der Waals surface area contributed by atoms with E-state index in [1.54, 1.807) is 0 Å². The van der Waals surface area contributed by atoms with E-state index >= 15 is 0 Å². The van der Waals surface area contributed by atoms with Gasteiger partial charge in [0.15, 0.2) is 0 Å². The van der Waals surface area contributed by atoms with E-state index in [1.807, 2.05) is 0 Å². The van der Waals surface area contributed by atoms with Crippen molar-refractivity contribution >= 4 is 71.2 Å². The normalized spacial score (nSPS) is 11.5. The third kappa shape index (κ3) is 6.04. The van der Waals surface area contributed by atoms with Crippen molar-refractivity contribution in [2.24, 2.45) is 0 Å². The van der Waals surface area contributed by atoms with Crippen LogP contribution in [0.1, 0.15) is 0 Å². The Bertz CT molecular complexity index is 3600. The first-order valence-electron chi connectivity index (χ1n) is 21.3. The van der Waals surface area contributed by atoms with Crippen LogP contribution >= 0.6 is 0 Å². The highest BCUT2D eigenvalue weighted by Gasteiger charge is 2.19. The molecule has 62 heavy (non-hydrogen) atoms. The van der Waals surface area contributed by atoms with Gasteiger partial charge in [0.25, 0.3) is 0 Å². The molecule has 2 nitrogen and oxygen atoms in total. The molecule has 12 aromatic rings. The first-order chi connectivity index (χ1) is 30.7. The van der Waals surface area contributed by atoms with Crippen molar-refractivity contribution in [1.82, 2.24) is 4.57 Å². The monoisotopic (exact) mass is 788 g/mol. The molecule has 11 aromatic carbocycles. The zero-order valence-corrected chi connectivity index (χ0v) is 34.0. The summed E-state index contributed by atoms with van der Waals surface area (Å²) in [6.07, 6.45) is 0. The summed E-state index contributed by atoms with van der Waals surface area (Å²) < 4.78 is 2.40. The number of fused-ring (bicyclic) bond motifs is 7. The smallest absolute Gasteiger partial charge is 0.0547 e. The maximum Gasteiger partial charge on any atom is 0.0547 e. The molecule has 0 bridgehead atoms. The quantitative estimate of drug-likeness (QED) is 0.146. The number of para-hydroxylation sites is 2. The van der Waals surface area contributed by atoms with Crippen molar-refractivity contribution in [3.05, 3.63) is 243 Å². The van der Waals surface area contributed by atoms with Crippen LogP contribution in [0, 0.1) is 0 Å². The molecule has 0 spiro atoms. The number of hydrogen-bond donors (Lipinski definition) is 0. The lowest BCUT2D eigenvalue weighted by molar-refractivity contribution is 1.18. The molecule has 0 aliphatic rings. The fourth-order valence-corrected chi connectivity index (χ4v) is 9.58. The van der Waals surface area contributed by atoms with Crippen molar-refractivity contribution in [3.63, 3.8) is 0 Å². The van der Waals surface area contributed by atoms with E-state index in [0.717, 1.165) is 22.7 Å². The van der Waals surface area contributed by atoms with Crippen LogP contribution in [0.5, 0.6) is 0 Å². The first kappa shape index (κ1) is 35.7. The molecule has 0 amide bonds. The molecule has 0 N–H and O–H groups in total. The molecule has 0 radical (unpaired) electrons. The summed E-state index contributed by atoms with van der Waals surface area (Å²) in [5.74, 6) is 0. The van der Waals surface area contributed by atoms with Crippen molar-refractivity contribution in [1.29, 1.82) is 0 Å². The van der Waals surface area contributed by atoms with Gasteiger partial charge in [-0.3, -0.25) is 0 Å². The van der Waals surface area contributed by atoms with Gasteiger partial charge >= 0.3 is 0 Å². The van der Waals surface area contributed by atoms with Gasteiger partial charge < -0.3 is 9.47 Å². The van der Waals surface area contributed by atoms with E-state index in [9.17, 15) is 0 Å². The summed E-state index contributed by atoms with van der Waals surface area (Å²) in [6.45, 7) is 0. The van der Waals surface area contributed by atoms with E-state index in [0.29, 0.717) is 0 Å². The van der Waals surface area contributed by atoms with Crippen molar-refractivity contribution in [2.75, 3.05) is 4.90 Å². The molecular formula is C60H40N2. The maximum atomic E-state index is 2.40. The Morgan fingerprint density at radius 1 is 0.274 bits per heavy atom. The highest BCUT2D eigenvalue weighted by Crippen LogP contribution is 2.43. The molecule has 1 heterocycles. The Morgan fingerprint density at radius 2 is 0.790 bits per heavy atom. The fraction of sp³-hybridized carbons (Fsp3) is 0. The van der Waals surface area contributed by atoms with E-state index in [-0.39, 0.29) is 0 Å². The van der Waals surface area contributed by atoms with Gasteiger partial charge in [-0.2, -0.15) is 0 Å². The van der Waals surface area contributed by atoms with Gasteiger partial charge in [-0.05, 0) is 127 Å². The Labute approximate surface area is 360 Å². The molecule has 0 saturated carbocycles. The van der Waals surface area contributed by atoms with Crippen LogP contribution in [-0.4, -0.2) is 4.57 Å². The summed E-state index contributed by atoms with van der Waals surface area (Å²) in [7, 11) is 0. The molecule has 12 rings (SSSR count). The zero-order chi connectivity index (χ0) is 41.0. The summed E-state index contributed by atoms with van der Waals surface area (Å²) in [5, 5.41) is 10.1. The molecule has 1 aromatic heterocycles. The molecule has 0 atom stereocenters. The van der Waals surface area contributed by atoms with Gasteiger partial charge in [0.05, 0.1) is 16.7 Å². The van der Waals surface area contributed by atoms with Crippen LogP contribution < -0.4 is 4.90 Å². The maximum absolute atomic E-state index is 2.40. The lowest BCUT2D eigenvalue weighted by Gasteiger charge is -2.28. The van der Waals surface area contributed by atoms with Gasteiger partial charge in [-0.1, -0.05) is 176 Å². The predicted molar refractivity (Wildman–Crippen MR) is 264 cm³/mol. The summed E-state index contributed by atoms with van der Waals surface area (Å²) in [5.41, 5.74) is 14.0. The topological polar surface area (TPSA) is 8.17 Å². The van der Waals surface area contributed by atoms with Crippen LogP contribution in [0.25, 0.3) is 93.2 Å². The minimum absolute atomic E-state index is 1.09. The van der Waals surface area contributed by atoms with Crippen LogP contribution in [-0.2, 0) is 0 Å². The summed E-state index contributed by atoms with van der Waals surface area (Å²) in [4.78, 5) is 2.39. The lowest BCUT2D eigenvalue weighted by atomic mass is 9.93. The second-order valence-corrected chi connectivity index (χ2v) is 16.1. The number of hydrogen-bond acceptors (Lipinski definition) is 1. The van der Waals surface area contributed by atoms with Crippen molar-refractivity contribution in [3.8, 4) is 39.1 Å². The number of anilines is 3. The number of benzene rings is 11. The van der Waals surface area contributed by atoms with Crippen LogP contribution in [0.3, 0.4) is 0 Å². The Kier molecular flexibility index (Phi) is 8.53. The Morgan fingerprint density at radius 3 is 1.52 bits per heavy atom. The molecule has 290 valence electrons. The standard InChI is InChI=1S/C60H40N2/c1-2-14-43(15-3-1)52-20-10-12-24-58(52)61(49-36-30-44(31-37-49)56-39-47-18-6-7-19-51(47)53-21-8-9-22-54(53)56)48-32-26-41(27-33-48)42-28-34-50(35-29-42)62-59-25-13-11-23-55(59)57-38-45-16-4-5-17-46(45)40-60(57)62/h1-40H. The first-order valence-corrected chi connectivity index (χ1v) is 21.3. The SMILES string of the molecule is c1ccc(-c2ccccc2N(c2ccc(-c3ccc(-n4c5ccccc5c5cc6ccccc6cc54)cc3)cc2)c2ccc(-c3cc4ccccc4c4ccccc34)cc2)cc1. The van der Waals surface area contributed by atoms with Gasteiger partial charge in [0.2, 0.25) is 0 Å². The highest BCUT2D eigenvalue weighted by atomic mass is 15.1. The molecule has 0 unspecified atom stereocenters. The zero-order valence-electron chi connectivity index (χ0n) is 34.0. The molecule has 0 aliphatic heterocycles. The Hall–Kier alpha value is -8.20. The van der Waals surface area contributed by atoms with E-state index in [1.165, 1.54) is 87.5 Å². The van der Waals surface area contributed by atoms with Gasteiger partial charge in [0, 0.05) is 33.4 Å². The van der Waals surface area contributed by atoms with Crippen molar-refractivity contribution < 1.29 is 0 Å². The molecule has 0 fully saturated rings. The third-order valence-corrected chi connectivity index (χ3v) is 12.6. The van der Waals surface area contributed by atoms with E-state index < -0.39 is 0 Å². The largest absolute Gasteiger partial charge is 0.310 e. The minimum atomic E-state index is 1.09. The van der Waals surface area contributed by atoms with Gasteiger partial charge in [-0.25, -0.2) is 0 Å². The van der Waals surface area contributed by atoms with Crippen LogP contribution in [0.2, 0.25) is 0 Å². The Balaban J connectivity index is 0.931. The van der Waals surface area contributed by atoms with Gasteiger partial charge in [-0.15, -0.1) is 0 Å². The summed E-state index contributed by atoms with van der Waals surface area (Å²) >= 11 is 0. The molecule has 2 heteroatoms. The highest BCUT2D eigenvalue weighted by molar-refractivity contribution is 6.15. The van der Waals surface area contributed by atoms with E-state index in [4.69, 9.17) is 0 Å². The molecular weight excluding hydrogens is 749 g/mol.